The summed E-state index contributed by atoms with van der Waals surface area (Å²) in [6.07, 6.45) is 5.18. The topological polar surface area (TPSA) is 38.0 Å². The van der Waals surface area contributed by atoms with Gasteiger partial charge in [-0.15, -0.1) is 0 Å². The highest BCUT2D eigenvalue weighted by Crippen LogP contribution is 2.34. The number of hydrogen-bond donors (Lipinski definition) is 1. The molecule has 2 unspecified atom stereocenters. The molecular weight excluding hydrogens is 224 g/mol. The monoisotopic (exact) mass is 252 g/mol. The van der Waals surface area contributed by atoms with E-state index >= 15 is 0 Å². The van der Waals surface area contributed by atoms with Crippen molar-refractivity contribution in [3.05, 3.63) is 11.4 Å². The summed E-state index contributed by atoms with van der Waals surface area (Å²) < 4.78 is 2.05. The molecule has 104 valence electrons. The van der Waals surface area contributed by atoms with Crippen molar-refractivity contribution in [2.24, 2.45) is 0 Å². The fourth-order valence-corrected chi connectivity index (χ4v) is 2.16. The molecule has 0 spiro atoms. The quantitative estimate of drug-likeness (QED) is 0.780. The van der Waals surface area contributed by atoms with Crippen molar-refractivity contribution < 1.29 is 5.11 Å². The zero-order valence-corrected chi connectivity index (χ0v) is 12.5. The van der Waals surface area contributed by atoms with Crippen LogP contribution in [-0.2, 0) is 6.42 Å². The van der Waals surface area contributed by atoms with Crippen LogP contribution in [0.4, 0.5) is 0 Å². The van der Waals surface area contributed by atoms with E-state index in [1.165, 1.54) is 0 Å². The summed E-state index contributed by atoms with van der Waals surface area (Å²) >= 11 is 0. The van der Waals surface area contributed by atoms with Crippen LogP contribution in [0.3, 0.4) is 0 Å². The van der Waals surface area contributed by atoms with Crippen molar-refractivity contribution >= 4 is 0 Å². The van der Waals surface area contributed by atoms with Crippen LogP contribution in [0.1, 0.15) is 83.6 Å². The largest absolute Gasteiger partial charge is 0.504 e. The lowest BCUT2D eigenvalue weighted by atomic mass is 10.0. The SMILES string of the molecule is CCCCc1nn(C(C)CC)c(C(C)CC)c1O. The molecule has 0 radical (unpaired) electrons. The minimum Gasteiger partial charge on any atom is -0.504 e. The van der Waals surface area contributed by atoms with Crippen molar-refractivity contribution in [1.82, 2.24) is 9.78 Å². The molecular formula is C15H28N2O. The fraction of sp³-hybridized carbons (Fsp3) is 0.800. The number of rotatable bonds is 7. The summed E-state index contributed by atoms with van der Waals surface area (Å²) in [5, 5.41) is 15.1. The second kappa shape index (κ2) is 6.81. The normalized spacial score (nSPS) is 14.7. The second-order valence-corrected chi connectivity index (χ2v) is 5.30. The summed E-state index contributed by atoms with van der Waals surface area (Å²) in [4.78, 5) is 0. The standard InChI is InChI=1S/C15H28N2O/c1-6-9-10-13-15(18)14(11(4)7-2)17(16-13)12(5)8-3/h11-12,18H,6-10H2,1-5H3. The van der Waals surface area contributed by atoms with Crippen LogP contribution in [0.5, 0.6) is 5.75 Å². The van der Waals surface area contributed by atoms with Gasteiger partial charge in [0.1, 0.15) is 5.69 Å². The first-order valence-electron chi connectivity index (χ1n) is 7.36. The maximum atomic E-state index is 10.4. The molecule has 1 aromatic rings. The molecule has 3 nitrogen and oxygen atoms in total. The van der Waals surface area contributed by atoms with Gasteiger partial charge in [0.25, 0.3) is 0 Å². The van der Waals surface area contributed by atoms with E-state index < -0.39 is 0 Å². The zero-order chi connectivity index (χ0) is 13.7. The van der Waals surface area contributed by atoms with E-state index in [0.29, 0.717) is 17.7 Å². The molecule has 0 aliphatic heterocycles. The molecule has 18 heavy (non-hydrogen) atoms. The average Bonchev–Trinajstić information content (AvgIpc) is 2.71. The Morgan fingerprint density at radius 3 is 2.33 bits per heavy atom. The minimum atomic E-state index is 0.357. The first-order valence-corrected chi connectivity index (χ1v) is 7.36. The van der Waals surface area contributed by atoms with E-state index in [2.05, 4.69) is 44.4 Å². The molecule has 0 saturated heterocycles. The van der Waals surface area contributed by atoms with Crippen molar-refractivity contribution in [1.29, 1.82) is 0 Å². The lowest BCUT2D eigenvalue weighted by Gasteiger charge is -2.17. The van der Waals surface area contributed by atoms with E-state index in [1.54, 1.807) is 0 Å². The van der Waals surface area contributed by atoms with Gasteiger partial charge in [-0.05, 0) is 32.6 Å². The molecule has 0 aromatic carbocycles. The number of aryl methyl sites for hydroxylation is 1. The lowest BCUT2D eigenvalue weighted by molar-refractivity contribution is 0.421. The predicted octanol–water partition coefficient (Wildman–Crippen LogP) is 4.42. The summed E-state index contributed by atoms with van der Waals surface area (Å²) in [6.45, 7) is 10.8. The first-order chi connectivity index (χ1) is 8.56. The third kappa shape index (κ3) is 3.06. The highest BCUT2D eigenvalue weighted by atomic mass is 16.3. The van der Waals surface area contributed by atoms with Crippen LogP contribution in [-0.4, -0.2) is 14.9 Å². The summed E-state index contributed by atoms with van der Waals surface area (Å²) in [5.41, 5.74) is 1.91. The summed E-state index contributed by atoms with van der Waals surface area (Å²) in [5.74, 6) is 0.806. The van der Waals surface area contributed by atoms with Crippen molar-refractivity contribution in [3.8, 4) is 5.75 Å². The third-order valence-corrected chi connectivity index (χ3v) is 3.85. The Morgan fingerprint density at radius 2 is 1.83 bits per heavy atom. The van der Waals surface area contributed by atoms with E-state index in [-0.39, 0.29) is 0 Å². The van der Waals surface area contributed by atoms with Crippen LogP contribution in [0.2, 0.25) is 0 Å². The molecule has 1 N–H and O–H groups in total. The highest BCUT2D eigenvalue weighted by molar-refractivity contribution is 5.35. The van der Waals surface area contributed by atoms with Crippen LogP contribution >= 0.6 is 0 Å². The zero-order valence-electron chi connectivity index (χ0n) is 12.5. The van der Waals surface area contributed by atoms with Gasteiger partial charge in [-0.1, -0.05) is 34.1 Å². The van der Waals surface area contributed by atoms with Gasteiger partial charge in [-0.3, -0.25) is 4.68 Å². The van der Waals surface area contributed by atoms with E-state index in [1.807, 2.05) is 0 Å². The van der Waals surface area contributed by atoms with Crippen molar-refractivity contribution in [2.45, 2.75) is 78.7 Å². The maximum Gasteiger partial charge on any atom is 0.160 e. The van der Waals surface area contributed by atoms with E-state index in [0.717, 1.165) is 43.5 Å². The Hall–Kier alpha value is -0.990. The van der Waals surface area contributed by atoms with Gasteiger partial charge in [-0.2, -0.15) is 5.10 Å². The molecule has 0 aliphatic carbocycles. The number of hydrogen-bond acceptors (Lipinski definition) is 2. The van der Waals surface area contributed by atoms with Gasteiger partial charge in [0.05, 0.1) is 5.69 Å². The number of unbranched alkanes of at least 4 members (excludes halogenated alkanes) is 1. The van der Waals surface area contributed by atoms with Gasteiger partial charge in [0.2, 0.25) is 0 Å². The second-order valence-electron chi connectivity index (χ2n) is 5.30. The van der Waals surface area contributed by atoms with E-state index in [4.69, 9.17) is 0 Å². The maximum absolute atomic E-state index is 10.4. The Balaban J connectivity index is 3.13. The predicted molar refractivity (Wildman–Crippen MR) is 76.2 cm³/mol. The molecule has 1 heterocycles. The van der Waals surface area contributed by atoms with Crippen molar-refractivity contribution in [3.63, 3.8) is 0 Å². The van der Waals surface area contributed by atoms with E-state index in [9.17, 15) is 5.11 Å². The average molecular weight is 252 g/mol. The molecule has 0 fully saturated rings. The molecule has 0 saturated carbocycles. The van der Waals surface area contributed by atoms with Crippen LogP contribution in [0, 0.1) is 0 Å². The highest BCUT2D eigenvalue weighted by Gasteiger charge is 2.22. The summed E-state index contributed by atoms with van der Waals surface area (Å²) in [6, 6.07) is 0.357. The Kier molecular flexibility index (Phi) is 5.70. The van der Waals surface area contributed by atoms with Gasteiger partial charge in [0.15, 0.2) is 5.75 Å². The lowest BCUT2D eigenvalue weighted by Crippen LogP contribution is -2.11. The Labute approximate surface area is 111 Å². The Bertz CT molecular complexity index is 371. The van der Waals surface area contributed by atoms with Crippen LogP contribution in [0.15, 0.2) is 0 Å². The van der Waals surface area contributed by atoms with Gasteiger partial charge >= 0.3 is 0 Å². The van der Waals surface area contributed by atoms with Gasteiger partial charge in [-0.25, -0.2) is 0 Å². The molecule has 1 rings (SSSR count). The fourth-order valence-electron chi connectivity index (χ4n) is 2.16. The van der Waals surface area contributed by atoms with Crippen LogP contribution < -0.4 is 0 Å². The molecule has 0 amide bonds. The Morgan fingerprint density at radius 1 is 1.17 bits per heavy atom. The number of aromatic hydroxyl groups is 1. The summed E-state index contributed by atoms with van der Waals surface area (Å²) in [7, 11) is 0. The molecule has 3 heteroatoms. The number of aromatic nitrogens is 2. The molecule has 1 aromatic heterocycles. The molecule has 2 atom stereocenters. The number of nitrogens with zero attached hydrogens (tertiary/aromatic N) is 2. The van der Waals surface area contributed by atoms with Crippen LogP contribution in [0.25, 0.3) is 0 Å². The third-order valence-electron chi connectivity index (χ3n) is 3.85. The first kappa shape index (κ1) is 15.1. The smallest absolute Gasteiger partial charge is 0.160 e. The molecule has 0 bridgehead atoms. The van der Waals surface area contributed by atoms with Gasteiger partial charge in [0, 0.05) is 12.0 Å². The minimum absolute atomic E-state index is 0.357. The van der Waals surface area contributed by atoms with Crippen molar-refractivity contribution in [2.75, 3.05) is 0 Å². The molecule has 0 aliphatic rings. The van der Waals surface area contributed by atoms with Gasteiger partial charge < -0.3 is 5.11 Å².